The fraction of sp³-hybridized carbons (Fsp3) is 0.478. The molecule has 4 rings (SSSR count). The molecule has 0 amide bonds. The van der Waals surface area contributed by atoms with Crippen LogP contribution in [0.25, 0.3) is 0 Å². The fourth-order valence-corrected chi connectivity index (χ4v) is 4.28. The predicted octanol–water partition coefficient (Wildman–Crippen LogP) is 3.47. The lowest BCUT2D eigenvalue weighted by molar-refractivity contribution is 0.244. The minimum Gasteiger partial charge on any atom is -0.357 e. The smallest absolute Gasteiger partial charge is 0.191 e. The van der Waals surface area contributed by atoms with E-state index >= 15 is 0 Å². The van der Waals surface area contributed by atoms with Gasteiger partial charge in [0.25, 0.3) is 0 Å². The minimum atomic E-state index is 0.248. The number of nitrogens with zero attached hydrogens (tertiary/aromatic N) is 3. The van der Waals surface area contributed by atoms with Crippen LogP contribution in [0.15, 0.2) is 53.7 Å². The summed E-state index contributed by atoms with van der Waals surface area (Å²) in [6.45, 7) is 3.91. The van der Waals surface area contributed by atoms with Crippen molar-refractivity contribution in [2.24, 2.45) is 4.99 Å². The lowest BCUT2D eigenvalue weighted by Gasteiger charge is -2.43. The number of nitrogens with one attached hydrogen (secondary N) is 2. The van der Waals surface area contributed by atoms with E-state index in [0.29, 0.717) is 0 Å². The molecule has 5 nitrogen and oxygen atoms in total. The van der Waals surface area contributed by atoms with Gasteiger partial charge in [-0.3, -0.25) is 4.99 Å². The van der Waals surface area contributed by atoms with Crippen LogP contribution in [0.4, 0.5) is 5.82 Å². The lowest BCUT2D eigenvalue weighted by atomic mass is 9.64. The van der Waals surface area contributed by atoms with Crippen molar-refractivity contribution in [3.8, 4) is 0 Å². The molecule has 1 aliphatic heterocycles. The van der Waals surface area contributed by atoms with Crippen molar-refractivity contribution >= 4 is 11.8 Å². The predicted molar refractivity (Wildman–Crippen MR) is 116 cm³/mol. The van der Waals surface area contributed by atoms with Crippen LogP contribution < -0.4 is 15.5 Å². The summed E-state index contributed by atoms with van der Waals surface area (Å²) in [5.74, 6) is 1.95. The third-order valence-corrected chi connectivity index (χ3v) is 6.21. The molecule has 2 fully saturated rings. The summed E-state index contributed by atoms with van der Waals surface area (Å²) >= 11 is 0. The van der Waals surface area contributed by atoms with E-state index in [1.54, 1.807) is 0 Å². The van der Waals surface area contributed by atoms with Crippen LogP contribution in [0.5, 0.6) is 0 Å². The Labute approximate surface area is 168 Å². The van der Waals surface area contributed by atoms with Gasteiger partial charge in [0, 0.05) is 44.8 Å². The van der Waals surface area contributed by atoms with Gasteiger partial charge in [0.05, 0.1) is 0 Å². The van der Waals surface area contributed by atoms with Crippen LogP contribution in [0.2, 0.25) is 0 Å². The van der Waals surface area contributed by atoms with E-state index in [1.807, 2.05) is 13.2 Å². The Morgan fingerprint density at radius 3 is 2.43 bits per heavy atom. The Balaban J connectivity index is 1.30. The van der Waals surface area contributed by atoms with Crippen molar-refractivity contribution in [1.82, 2.24) is 15.6 Å². The topological polar surface area (TPSA) is 52.6 Å². The van der Waals surface area contributed by atoms with Crippen LogP contribution in [0, 0.1) is 0 Å². The van der Waals surface area contributed by atoms with Crippen LogP contribution >= 0.6 is 0 Å². The highest BCUT2D eigenvalue weighted by Gasteiger charge is 2.38. The van der Waals surface area contributed by atoms with Gasteiger partial charge in [-0.1, -0.05) is 42.8 Å². The van der Waals surface area contributed by atoms with Crippen LogP contribution in [0.1, 0.15) is 43.2 Å². The molecule has 0 bridgehead atoms. The number of aromatic nitrogens is 1. The molecule has 0 radical (unpaired) electrons. The number of aliphatic imine (C=N–C) groups is 1. The fourth-order valence-electron chi connectivity index (χ4n) is 4.28. The molecule has 1 aromatic heterocycles. The maximum Gasteiger partial charge on any atom is 0.191 e. The highest BCUT2D eigenvalue weighted by atomic mass is 15.2. The Bertz CT molecular complexity index is 774. The molecule has 2 aliphatic rings. The van der Waals surface area contributed by atoms with Crippen molar-refractivity contribution in [2.45, 2.75) is 44.1 Å². The standard InChI is InChI=1S/C23H31N5/c1-24-22(27-18-23(12-7-13-23)20-8-3-2-4-9-20)26-17-19-10-11-21(25-16-19)28-14-5-6-15-28/h2-4,8-11,16H,5-7,12-15,17-18H2,1H3,(H2,24,26,27). The van der Waals surface area contributed by atoms with Crippen LogP contribution in [-0.4, -0.2) is 37.6 Å². The van der Waals surface area contributed by atoms with E-state index in [9.17, 15) is 0 Å². The van der Waals surface area contributed by atoms with Crippen LogP contribution in [-0.2, 0) is 12.0 Å². The SMILES string of the molecule is CN=C(NCc1ccc(N2CCCC2)nc1)NCC1(c2ccccc2)CCC1. The molecule has 5 heteroatoms. The van der Waals surface area contributed by atoms with Gasteiger partial charge in [-0.05, 0) is 42.9 Å². The molecule has 1 aromatic carbocycles. The number of hydrogen-bond donors (Lipinski definition) is 2. The normalized spacial score (nSPS) is 18.6. The van der Waals surface area contributed by atoms with Gasteiger partial charge < -0.3 is 15.5 Å². The number of benzene rings is 1. The maximum absolute atomic E-state index is 4.64. The van der Waals surface area contributed by atoms with Crippen LogP contribution in [0.3, 0.4) is 0 Å². The molecule has 148 valence electrons. The summed E-state index contributed by atoms with van der Waals surface area (Å²) in [5, 5.41) is 6.98. The van der Waals surface area contributed by atoms with Crippen molar-refractivity contribution in [3.05, 3.63) is 59.8 Å². The molecular weight excluding hydrogens is 346 g/mol. The molecule has 1 aliphatic carbocycles. The first-order valence-electron chi connectivity index (χ1n) is 10.5. The number of hydrogen-bond acceptors (Lipinski definition) is 3. The van der Waals surface area contributed by atoms with Gasteiger partial charge in [-0.2, -0.15) is 0 Å². The highest BCUT2D eigenvalue weighted by Crippen LogP contribution is 2.43. The first-order valence-corrected chi connectivity index (χ1v) is 10.5. The lowest BCUT2D eigenvalue weighted by Crippen LogP contribution is -2.48. The average molecular weight is 378 g/mol. The van der Waals surface area contributed by atoms with E-state index in [0.717, 1.165) is 38.0 Å². The minimum absolute atomic E-state index is 0.248. The van der Waals surface area contributed by atoms with Gasteiger partial charge in [0.15, 0.2) is 5.96 Å². The summed E-state index contributed by atoms with van der Waals surface area (Å²) in [6.07, 6.45) is 8.31. The molecule has 0 spiro atoms. The van der Waals surface area contributed by atoms with Gasteiger partial charge >= 0.3 is 0 Å². The number of pyridine rings is 1. The zero-order valence-corrected chi connectivity index (χ0v) is 16.8. The first kappa shape index (κ1) is 18.8. The largest absolute Gasteiger partial charge is 0.357 e. The van der Waals surface area contributed by atoms with Crippen molar-refractivity contribution in [1.29, 1.82) is 0 Å². The molecule has 2 heterocycles. The Morgan fingerprint density at radius 1 is 1.04 bits per heavy atom. The van der Waals surface area contributed by atoms with E-state index in [1.165, 1.54) is 43.2 Å². The number of anilines is 1. The monoisotopic (exact) mass is 377 g/mol. The Kier molecular flexibility index (Phi) is 5.79. The van der Waals surface area contributed by atoms with Crippen molar-refractivity contribution in [3.63, 3.8) is 0 Å². The maximum atomic E-state index is 4.64. The third kappa shape index (κ3) is 4.13. The van der Waals surface area contributed by atoms with E-state index in [-0.39, 0.29) is 5.41 Å². The van der Waals surface area contributed by atoms with Gasteiger partial charge in [-0.25, -0.2) is 4.98 Å². The van der Waals surface area contributed by atoms with Gasteiger partial charge in [0.1, 0.15) is 5.82 Å². The summed E-state index contributed by atoms with van der Waals surface area (Å²) in [5.41, 5.74) is 2.86. The Hall–Kier alpha value is -2.56. The quantitative estimate of drug-likeness (QED) is 0.598. The van der Waals surface area contributed by atoms with E-state index in [2.05, 4.69) is 68.0 Å². The first-order chi connectivity index (χ1) is 13.8. The molecule has 0 unspecified atom stereocenters. The van der Waals surface area contributed by atoms with E-state index in [4.69, 9.17) is 0 Å². The summed E-state index contributed by atoms with van der Waals surface area (Å²) in [7, 11) is 1.83. The summed E-state index contributed by atoms with van der Waals surface area (Å²) < 4.78 is 0. The summed E-state index contributed by atoms with van der Waals surface area (Å²) in [6, 6.07) is 15.2. The number of rotatable bonds is 6. The van der Waals surface area contributed by atoms with E-state index < -0.39 is 0 Å². The van der Waals surface area contributed by atoms with Gasteiger partial charge in [0.2, 0.25) is 0 Å². The molecule has 0 atom stereocenters. The zero-order valence-electron chi connectivity index (χ0n) is 16.8. The highest BCUT2D eigenvalue weighted by molar-refractivity contribution is 5.79. The third-order valence-electron chi connectivity index (χ3n) is 6.21. The van der Waals surface area contributed by atoms with Gasteiger partial charge in [-0.15, -0.1) is 0 Å². The van der Waals surface area contributed by atoms with Crippen molar-refractivity contribution < 1.29 is 0 Å². The molecule has 2 N–H and O–H groups in total. The summed E-state index contributed by atoms with van der Waals surface area (Å²) in [4.78, 5) is 11.4. The molecular formula is C23H31N5. The molecule has 28 heavy (non-hydrogen) atoms. The average Bonchev–Trinajstić information content (AvgIpc) is 3.25. The zero-order chi connectivity index (χ0) is 19.2. The molecule has 2 aromatic rings. The second kappa shape index (κ2) is 8.63. The molecule has 1 saturated heterocycles. The Morgan fingerprint density at radius 2 is 1.82 bits per heavy atom. The molecule has 1 saturated carbocycles. The second-order valence-electron chi connectivity index (χ2n) is 8.00. The second-order valence-corrected chi connectivity index (χ2v) is 8.00. The van der Waals surface area contributed by atoms with Crippen molar-refractivity contribution in [2.75, 3.05) is 31.6 Å². The number of guanidine groups is 1.